The van der Waals surface area contributed by atoms with Crippen molar-refractivity contribution in [3.8, 4) is 5.75 Å². The maximum atomic E-state index is 5.20. The molecule has 5 heteroatoms. The average Bonchev–Trinajstić information content (AvgIpc) is 2.76. The monoisotopic (exact) mass is 268 g/mol. The van der Waals surface area contributed by atoms with Crippen LogP contribution in [0.4, 0.5) is 5.13 Å². The van der Waals surface area contributed by atoms with Crippen LogP contribution in [0.2, 0.25) is 0 Å². The predicted octanol–water partition coefficient (Wildman–Crippen LogP) is 3.47. The molecular formula is C12H16N2OS2. The number of benzene rings is 1. The zero-order chi connectivity index (χ0) is 12.1. The van der Waals surface area contributed by atoms with Gasteiger partial charge < -0.3 is 10.1 Å². The Kier molecular flexibility index (Phi) is 4.50. The third-order valence-electron chi connectivity index (χ3n) is 2.40. The molecule has 0 saturated carbocycles. The van der Waals surface area contributed by atoms with Gasteiger partial charge in [-0.25, -0.2) is 4.98 Å². The molecule has 92 valence electrons. The van der Waals surface area contributed by atoms with E-state index in [1.54, 1.807) is 18.4 Å². The average molecular weight is 268 g/mol. The number of hydrogen-bond acceptors (Lipinski definition) is 5. The van der Waals surface area contributed by atoms with Crippen molar-refractivity contribution < 1.29 is 4.74 Å². The summed E-state index contributed by atoms with van der Waals surface area (Å²) in [5.41, 5.74) is 1.03. The zero-order valence-corrected chi connectivity index (χ0v) is 11.7. The van der Waals surface area contributed by atoms with Crippen LogP contribution in [0.25, 0.3) is 10.2 Å². The standard InChI is InChI=1S/C12H16N2OS2/c1-15-9-4-5-10-11(8-9)17-12(14-10)13-6-3-7-16-2/h4-5,8H,3,6-7H2,1-2H3,(H,13,14). The van der Waals surface area contributed by atoms with Crippen molar-refractivity contribution >= 4 is 38.4 Å². The number of hydrogen-bond donors (Lipinski definition) is 1. The molecule has 0 amide bonds. The molecule has 1 aromatic heterocycles. The van der Waals surface area contributed by atoms with E-state index in [2.05, 4.69) is 16.6 Å². The summed E-state index contributed by atoms with van der Waals surface area (Å²) < 4.78 is 6.36. The van der Waals surface area contributed by atoms with Crippen molar-refractivity contribution in [2.24, 2.45) is 0 Å². The molecule has 0 radical (unpaired) electrons. The number of methoxy groups -OCH3 is 1. The number of ether oxygens (including phenoxy) is 1. The predicted molar refractivity (Wildman–Crippen MR) is 77.7 cm³/mol. The Hall–Kier alpha value is -0.940. The lowest BCUT2D eigenvalue weighted by molar-refractivity contribution is 0.415. The highest BCUT2D eigenvalue weighted by molar-refractivity contribution is 7.98. The van der Waals surface area contributed by atoms with Gasteiger partial charge in [-0.15, -0.1) is 0 Å². The van der Waals surface area contributed by atoms with Gasteiger partial charge in [-0.3, -0.25) is 0 Å². The van der Waals surface area contributed by atoms with Gasteiger partial charge in [0.2, 0.25) is 0 Å². The molecule has 0 aliphatic rings. The van der Waals surface area contributed by atoms with Gasteiger partial charge >= 0.3 is 0 Å². The van der Waals surface area contributed by atoms with E-state index in [4.69, 9.17) is 4.74 Å². The maximum absolute atomic E-state index is 5.20. The van der Waals surface area contributed by atoms with Crippen LogP contribution in [-0.4, -0.2) is 30.6 Å². The van der Waals surface area contributed by atoms with E-state index < -0.39 is 0 Å². The molecule has 1 aromatic carbocycles. The SMILES string of the molecule is COc1ccc2nc(NCCCSC)sc2c1. The van der Waals surface area contributed by atoms with Gasteiger partial charge in [0.15, 0.2) is 5.13 Å². The lowest BCUT2D eigenvalue weighted by atomic mass is 10.3. The molecule has 0 bridgehead atoms. The van der Waals surface area contributed by atoms with Gasteiger partial charge in [0.05, 0.1) is 17.3 Å². The third kappa shape index (κ3) is 3.26. The maximum Gasteiger partial charge on any atom is 0.183 e. The molecule has 0 unspecified atom stereocenters. The van der Waals surface area contributed by atoms with Crippen molar-refractivity contribution in [3.63, 3.8) is 0 Å². The Morgan fingerprint density at radius 2 is 2.35 bits per heavy atom. The van der Waals surface area contributed by atoms with Gasteiger partial charge in [0.1, 0.15) is 5.75 Å². The van der Waals surface area contributed by atoms with E-state index in [1.807, 2.05) is 30.0 Å². The van der Waals surface area contributed by atoms with E-state index in [9.17, 15) is 0 Å². The Bertz CT molecular complexity index is 484. The summed E-state index contributed by atoms with van der Waals surface area (Å²) in [6.07, 6.45) is 3.30. The molecule has 2 aromatic rings. The van der Waals surface area contributed by atoms with Crippen molar-refractivity contribution in [3.05, 3.63) is 18.2 Å². The minimum absolute atomic E-state index is 0.884. The summed E-state index contributed by atoms with van der Waals surface area (Å²) in [7, 11) is 1.68. The zero-order valence-electron chi connectivity index (χ0n) is 10.0. The minimum atomic E-state index is 0.884. The quantitative estimate of drug-likeness (QED) is 0.813. The van der Waals surface area contributed by atoms with Crippen molar-refractivity contribution in [1.82, 2.24) is 4.98 Å². The lowest BCUT2D eigenvalue weighted by Gasteiger charge is -1.99. The summed E-state index contributed by atoms with van der Waals surface area (Å²) in [5.74, 6) is 2.07. The normalized spacial score (nSPS) is 10.7. The second kappa shape index (κ2) is 6.12. The topological polar surface area (TPSA) is 34.1 Å². The Labute approximate surface area is 110 Å². The molecule has 17 heavy (non-hydrogen) atoms. The Balaban J connectivity index is 2.04. The van der Waals surface area contributed by atoms with Crippen LogP contribution in [0, 0.1) is 0 Å². The second-order valence-electron chi connectivity index (χ2n) is 3.63. The van der Waals surface area contributed by atoms with E-state index in [1.165, 1.54) is 12.2 Å². The largest absolute Gasteiger partial charge is 0.497 e. The minimum Gasteiger partial charge on any atom is -0.497 e. The highest BCUT2D eigenvalue weighted by atomic mass is 32.2. The number of anilines is 1. The highest BCUT2D eigenvalue weighted by Gasteiger charge is 2.04. The van der Waals surface area contributed by atoms with Gasteiger partial charge in [-0.1, -0.05) is 11.3 Å². The molecule has 1 N–H and O–H groups in total. The first-order valence-electron chi connectivity index (χ1n) is 5.51. The summed E-state index contributed by atoms with van der Waals surface area (Å²) in [4.78, 5) is 4.53. The van der Waals surface area contributed by atoms with E-state index >= 15 is 0 Å². The number of thioether (sulfide) groups is 1. The molecule has 0 atom stereocenters. The molecule has 0 saturated heterocycles. The van der Waals surface area contributed by atoms with Crippen LogP contribution in [0.5, 0.6) is 5.75 Å². The number of fused-ring (bicyclic) bond motifs is 1. The summed E-state index contributed by atoms with van der Waals surface area (Å²) in [6.45, 7) is 0.984. The molecule has 1 heterocycles. The number of nitrogens with zero attached hydrogens (tertiary/aromatic N) is 1. The number of nitrogens with one attached hydrogen (secondary N) is 1. The molecule has 0 spiro atoms. The van der Waals surface area contributed by atoms with E-state index in [-0.39, 0.29) is 0 Å². The molecular weight excluding hydrogens is 252 g/mol. The fraction of sp³-hybridized carbons (Fsp3) is 0.417. The molecule has 3 nitrogen and oxygen atoms in total. The van der Waals surface area contributed by atoms with Crippen LogP contribution in [0.15, 0.2) is 18.2 Å². The van der Waals surface area contributed by atoms with Crippen LogP contribution in [-0.2, 0) is 0 Å². The van der Waals surface area contributed by atoms with Gasteiger partial charge in [-0.05, 0) is 36.6 Å². The molecule has 0 aliphatic carbocycles. The van der Waals surface area contributed by atoms with Crippen molar-refractivity contribution in [1.29, 1.82) is 0 Å². The highest BCUT2D eigenvalue weighted by Crippen LogP contribution is 2.28. The van der Waals surface area contributed by atoms with Crippen LogP contribution < -0.4 is 10.1 Å². The van der Waals surface area contributed by atoms with Gasteiger partial charge in [0, 0.05) is 6.54 Å². The first-order valence-corrected chi connectivity index (χ1v) is 7.72. The van der Waals surface area contributed by atoms with E-state index in [0.29, 0.717) is 0 Å². The Morgan fingerprint density at radius 3 is 3.12 bits per heavy atom. The Morgan fingerprint density at radius 1 is 1.47 bits per heavy atom. The number of aromatic nitrogens is 1. The number of rotatable bonds is 6. The second-order valence-corrected chi connectivity index (χ2v) is 5.64. The summed E-state index contributed by atoms with van der Waals surface area (Å²) >= 11 is 3.55. The third-order valence-corrected chi connectivity index (χ3v) is 4.07. The molecule has 2 rings (SSSR count). The summed E-state index contributed by atoms with van der Waals surface area (Å²) in [5, 5.41) is 4.35. The van der Waals surface area contributed by atoms with Crippen molar-refractivity contribution in [2.45, 2.75) is 6.42 Å². The molecule has 0 fully saturated rings. The van der Waals surface area contributed by atoms with Crippen LogP contribution in [0.1, 0.15) is 6.42 Å². The lowest BCUT2D eigenvalue weighted by Crippen LogP contribution is -2.01. The van der Waals surface area contributed by atoms with Crippen LogP contribution >= 0.6 is 23.1 Å². The smallest absolute Gasteiger partial charge is 0.183 e. The molecule has 0 aliphatic heterocycles. The van der Waals surface area contributed by atoms with E-state index in [0.717, 1.165) is 27.6 Å². The van der Waals surface area contributed by atoms with Crippen molar-refractivity contribution in [2.75, 3.05) is 31.0 Å². The first kappa shape index (κ1) is 12.5. The fourth-order valence-electron chi connectivity index (χ4n) is 1.52. The van der Waals surface area contributed by atoms with Gasteiger partial charge in [0.25, 0.3) is 0 Å². The van der Waals surface area contributed by atoms with Crippen LogP contribution in [0.3, 0.4) is 0 Å². The summed E-state index contributed by atoms with van der Waals surface area (Å²) in [6, 6.07) is 5.97. The van der Waals surface area contributed by atoms with Gasteiger partial charge in [-0.2, -0.15) is 11.8 Å². The fourth-order valence-corrected chi connectivity index (χ4v) is 2.87. The number of thiazole rings is 1. The first-order chi connectivity index (χ1) is 8.33.